The van der Waals surface area contributed by atoms with E-state index in [0.717, 1.165) is 11.1 Å². The van der Waals surface area contributed by atoms with Gasteiger partial charge in [0.2, 0.25) is 17.7 Å². The third kappa shape index (κ3) is 6.58. The Morgan fingerprint density at radius 2 is 1.48 bits per heavy atom. The Balaban J connectivity index is 1.49. The van der Waals surface area contributed by atoms with Crippen LogP contribution in [0.4, 0.5) is 9.18 Å². The second-order valence-corrected chi connectivity index (χ2v) is 10.4. The van der Waals surface area contributed by atoms with Crippen molar-refractivity contribution in [3.8, 4) is 0 Å². The Labute approximate surface area is 243 Å². The number of hydrogen-bond donors (Lipinski definition) is 2. The van der Waals surface area contributed by atoms with Crippen molar-refractivity contribution in [1.82, 2.24) is 25.1 Å². The number of benzene rings is 3. The first-order valence-electron chi connectivity index (χ1n) is 13.8. The fourth-order valence-corrected chi connectivity index (χ4v) is 5.49. The van der Waals surface area contributed by atoms with Crippen molar-refractivity contribution >= 4 is 23.8 Å². The number of nitrogens with two attached hydrogens (primary N) is 1. The zero-order chi connectivity index (χ0) is 29.6. The number of rotatable bonds is 9. The zero-order valence-corrected chi connectivity index (χ0v) is 23.1. The molecule has 0 radical (unpaired) electrons. The van der Waals surface area contributed by atoms with Crippen LogP contribution in [-0.4, -0.2) is 68.9 Å². The number of hydrazine groups is 1. The Morgan fingerprint density at radius 1 is 0.857 bits per heavy atom. The van der Waals surface area contributed by atoms with Gasteiger partial charge in [-0.3, -0.25) is 14.4 Å². The maximum Gasteiger partial charge on any atom is 0.334 e. The van der Waals surface area contributed by atoms with E-state index in [1.807, 2.05) is 60.7 Å². The lowest BCUT2D eigenvalue weighted by molar-refractivity contribution is -0.193. The molecule has 0 bridgehead atoms. The maximum atomic E-state index is 13.9. The molecule has 3 aromatic carbocycles. The smallest absolute Gasteiger partial charge is 0.334 e. The number of nitrogens with zero attached hydrogens (tertiary/aromatic N) is 4. The quantitative estimate of drug-likeness (QED) is 0.409. The number of amides is 5. The van der Waals surface area contributed by atoms with Gasteiger partial charge in [-0.15, -0.1) is 0 Å². The van der Waals surface area contributed by atoms with Crippen molar-refractivity contribution in [3.05, 3.63) is 107 Å². The normalized spacial score (nSPS) is 19.0. The third-order valence-electron chi connectivity index (χ3n) is 7.48. The van der Waals surface area contributed by atoms with Crippen molar-refractivity contribution in [2.45, 2.75) is 44.7 Å². The molecule has 2 fully saturated rings. The van der Waals surface area contributed by atoms with Crippen LogP contribution in [0.25, 0.3) is 0 Å². The highest BCUT2D eigenvalue weighted by atomic mass is 19.1. The molecule has 218 valence electrons. The lowest BCUT2D eigenvalue weighted by Crippen LogP contribution is -2.76. The van der Waals surface area contributed by atoms with Crippen molar-refractivity contribution in [2.75, 3.05) is 13.1 Å². The van der Waals surface area contributed by atoms with E-state index in [2.05, 4.69) is 5.32 Å². The van der Waals surface area contributed by atoms with Crippen LogP contribution < -0.4 is 11.1 Å². The van der Waals surface area contributed by atoms with Crippen molar-refractivity contribution < 1.29 is 23.6 Å². The fraction of sp³-hybridized carbons (Fsp3) is 0.290. The van der Waals surface area contributed by atoms with E-state index in [9.17, 15) is 23.6 Å². The van der Waals surface area contributed by atoms with Crippen LogP contribution in [0.15, 0.2) is 84.9 Å². The molecule has 3 N–H and O–H groups in total. The highest BCUT2D eigenvalue weighted by Gasteiger charge is 2.51. The van der Waals surface area contributed by atoms with Gasteiger partial charge in [0.05, 0.1) is 13.1 Å². The molecule has 2 heterocycles. The molecule has 10 nitrogen and oxygen atoms in total. The molecule has 2 aliphatic heterocycles. The summed E-state index contributed by atoms with van der Waals surface area (Å²) in [5.74, 6) is -1.63. The minimum atomic E-state index is -0.968. The number of nitrogens with one attached hydrogen (secondary N) is 1. The molecule has 0 aromatic heterocycles. The summed E-state index contributed by atoms with van der Waals surface area (Å²) in [5, 5.41) is 6.06. The summed E-state index contributed by atoms with van der Waals surface area (Å²) < 4.78 is 13.6. The first-order chi connectivity index (χ1) is 20.3. The second kappa shape index (κ2) is 12.8. The predicted molar refractivity (Wildman–Crippen MR) is 152 cm³/mol. The summed E-state index contributed by atoms with van der Waals surface area (Å²) in [4.78, 5) is 56.1. The standard InChI is InChI=1S/C31H33FN6O4/c32-25-13-11-24(12-14-25)19-36-21-29(40)37-26(15-16-27(33)39)30(41)35(18-23-9-5-2-6-10-23)20-28(37)38(36)31(42)34-17-22-7-3-1-4-8-22/h1-14,26,28H,15-21H2,(H2,33,39)(H,34,42)/t26-,28-/m0/s1. The molecule has 0 aliphatic carbocycles. The van der Waals surface area contributed by atoms with E-state index in [0.29, 0.717) is 5.56 Å². The van der Waals surface area contributed by atoms with Crippen LogP contribution >= 0.6 is 0 Å². The number of carbonyl (C=O) groups is 4. The second-order valence-electron chi connectivity index (χ2n) is 10.4. The van der Waals surface area contributed by atoms with E-state index in [1.54, 1.807) is 22.0 Å². The monoisotopic (exact) mass is 572 g/mol. The van der Waals surface area contributed by atoms with Crippen molar-refractivity contribution in [1.29, 1.82) is 0 Å². The molecule has 2 aliphatic rings. The molecule has 0 spiro atoms. The van der Waals surface area contributed by atoms with Gasteiger partial charge in [-0.05, 0) is 35.2 Å². The summed E-state index contributed by atoms with van der Waals surface area (Å²) in [5.41, 5.74) is 7.91. The van der Waals surface area contributed by atoms with Gasteiger partial charge in [-0.25, -0.2) is 19.2 Å². The summed E-state index contributed by atoms with van der Waals surface area (Å²) in [7, 11) is 0. The number of primary amides is 1. The molecular formula is C31H33FN6O4. The third-order valence-corrected chi connectivity index (χ3v) is 7.48. The summed E-state index contributed by atoms with van der Waals surface area (Å²) in [6, 6.07) is 23.3. The molecule has 42 heavy (non-hydrogen) atoms. The molecule has 5 amide bonds. The lowest BCUT2D eigenvalue weighted by atomic mass is 10.0. The Hall–Kier alpha value is -4.77. The number of fused-ring (bicyclic) bond motifs is 1. The number of urea groups is 1. The number of halogens is 1. The average molecular weight is 573 g/mol. The predicted octanol–water partition coefficient (Wildman–Crippen LogP) is 2.60. The molecule has 11 heteroatoms. The van der Waals surface area contributed by atoms with Crippen LogP contribution in [0.5, 0.6) is 0 Å². The first kappa shape index (κ1) is 28.7. The Morgan fingerprint density at radius 3 is 2.12 bits per heavy atom. The number of carbonyl (C=O) groups excluding carboxylic acids is 4. The van der Waals surface area contributed by atoms with Gasteiger partial charge in [0.25, 0.3) is 0 Å². The van der Waals surface area contributed by atoms with Gasteiger partial charge in [0, 0.05) is 26.1 Å². The van der Waals surface area contributed by atoms with Gasteiger partial charge in [-0.2, -0.15) is 0 Å². The largest absolute Gasteiger partial charge is 0.370 e. The van der Waals surface area contributed by atoms with Crippen molar-refractivity contribution in [2.24, 2.45) is 5.73 Å². The van der Waals surface area contributed by atoms with E-state index in [1.165, 1.54) is 22.0 Å². The van der Waals surface area contributed by atoms with Crippen LogP contribution in [0.3, 0.4) is 0 Å². The Bertz CT molecular complexity index is 1420. The topological polar surface area (TPSA) is 119 Å². The van der Waals surface area contributed by atoms with Crippen LogP contribution in [-0.2, 0) is 34.0 Å². The van der Waals surface area contributed by atoms with Crippen LogP contribution in [0.1, 0.15) is 29.5 Å². The van der Waals surface area contributed by atoms with E-state index in [4.69, 9.17) is 5.73 Å². The summed E-state index contributed by atoms with van der Waals surface area (Å²) >= 11 is 0. The highest BCUT2D eigenvalue weighted by Crippen LogP contribution is 2.30. The minimum absolute atomic E-state index is 0.0408. The van der Waals surface area contributed by atoms with E-state index in [-0.39, 0.29) is 57.4 Å². The molecule has 2 atom stereocenters. The molecular weight excluding hydrogens is 539 g/mol. The molecule has 5 rings (SSSR count). The summed E-state index contributed by atoms with van der Waals surface area (Å²) in [6.07, 6.45) is -0.896. The number of hydrogen-bond acceptors (Lipinski definition) is 5. The van der Waals surface area contributed by atoms with Crippen molar-refractivity contribution in [3.63, 3.8) is 0 Å². The van der Waals surface area contributed by atoms with E-state index >= 15 is 0 Å². The number of piperazine rings is 1. The van der Waals surface area contributed by atoms with Gasteiger partial charge < -0.3 is 20.9 Å². The average Bonchev–Trinajstić information content (AvgIpc) is 2.98. The van der Waals surface area contributed by atoms with E-state index < -0.39 is 30.0 Å². The van der Waals surface area contributed by atoms with Crippen LogP contribution in [0, 0.1) is 5.82 Å². The SMILES string of the molecule is NC(=O)CC[C@H]1C(=O)N(Cc2ccccc2)C[C@H]2N1C(=O)CN(Cc1ccc(F)cc1)N2C(=O)NCc1ccccc1. The van der Waals surface area contributed by atoms with Gasteiger partial charge >= 0.3 is 6.03 Å². The zero-order valence-electron chi connectivity index (χ0n) is 23.1. The van der Waals surface area contributed by atoms with Crippen LogP contribution in [0.2, 0.25) is 0 Å². The maximum absolute atomic E-state index is 13.9. The fourth-order valence-electron chi connectivity index (χ4n) is 5.49. The Kier molecular flexibility index (Phi) is 8.77. The first-order valence-corrected chi connectivity index (χ1v) is 13.8. The highest BCUT2D eigenvalue weighted by molar-refractivity contribution is 5.92. The molecule has 0 unspecified atom stereocenters. The van der Waals surface area contributed by atoms with Gasteiger partial charge in [0.15, 0.2) is 0 Å². The molecule has 3 aromatic rings. The molecule has 2 saturated heterocycles. The van der Waals surface area contributed by atoms with Gasteiger partial charge in [0.1, 0.15) is 18.0 Å². The van der Waals surface area contributed by atoms with Gasteiger partial charge in [-0.1, -0.05) is 72.8 Å². The molecule has 0 saturated carbocycles. The minimum Gasteiger partial charge on any atom is -0.370 e. The lowest BCUT2D eigenvalue weighted by Gasteiger charge is -2.55. The summed E-state index contributed by atoms with van der Waals surface area (Å²) in [6.45, 7) is 0.548.